The van der Waals surface area contributed by atoms with Crippen LogP contribution < -0.4 is 10.4 Å². The number of phenolic OH excluding ortho intramolecular Hbond substituents is 1. The van der Waals surface area contributed by atoms with Gasteiger partial charge in [0.15, 0.2) is 0 Å². The fraction of sp³-hybridized carbons (Fsp3) is 0.316. The maximum atomic E-state index is 13.6. The van der Waals surface area contributed by atoms with E-state index in [0.29, 0.717) is 11.7 Å². The number of benzene rings is 2. The highest BCUT2D eigenvalue weighted by Gasteiger charge is 2.28. The number of halogens is 2. The summed E-state index contributed by atoms with van der Waals surface area (Å²) in [5.41, 5.74) is 0.433. The summed E-state index contributed by atoms with van der Waals surface area (Å²) in [5.74, 6) is 0.963. The first-order chi connectivity index (χ1) is 13.5. The number of aromatic nitrogens is 4. The van der Waals surface area contributed by atoms with Crippen molar-refractivity contribution in [3.05, 3.63) is 63.6 Å². The van der Waals surface area contributed by atoms with Crippen LogP contribution in [0.1, 0.15) is 41.9 Å². The van der Waals surface area contributed by atoms with Crippen LogP contribution in [-0.2, 0) is 13.7 Å². The lowest BCUT2D eigenvalue weighted by Gasteiger charge is -2.16. The molecule has 4 rings (SSSR count). The number of hydrogen-bond acceptors (Lipinski definition) is 5. The maximum Gasteiger partial charge on any atom is 0.368 e. The second-order valence-corrected chi connectivity index (χ2v) is 6.73. The molecule has 0 amide bonds. The number of aryl methyl sites for hydroxylation is 1. The smallest absolute Gasteiger partial charge is 0.368 e. The number of phenols is 1. The molecule has 0 bridgehead atoms. The Bertz CT molecular complexity index is 1070. The van der Waals surface area contributed by atoms with Gasteiger partial charge in [0.1, 0.15) is 18.1 Å². The largest absolute Gasteiger partial charge is 0.508 e. The number of ether oxygens (including phenoxy) is 1. The van der Waals surface area contributed by atoms with Crippen molar-refractivity contribution in [2.45, 2.75) is 31.8 Å². The molecular formula is C19H18F2N4O3. The molecule has 3 aromatic rings. The Morgan fingerprint density at radius 2 is 2.04 bits per heavy atom. The monoisotopic (exact) mass is 388 g/mol. The summed E-state index contributed by atoms with van der Waals surface area (Å²) in [4.78, 5) is 12.2. The molecule has 7 nitrogen and oxygen atoms in total. The van der Waals surface area contributed by atoms with Gasteiger partial charge in [-0.25, -0.2) is 13.6 Å². The molecule has 1 aliphatic carbocycles. The Kier molecular flexibility index (Phi) is 4.58. The van der Waals surface area contributed by atoms with Crippen LogP contribution in [0.25, 0.3) is 5.69 Å². The molecule has 1 aliphatic rings. The second kappa shape index (κ2) is 7.06. The van der Waals surface area contributed by atoms with Crippen molar-refractivity contribution in [2.75, 3.05) is 0 Å². The number of aromatic hydroxyl groups is 1. The van der Waals surface area contributed by atoms with Gasteiger partial charge in [-0.3, -0.25) is 0 Å². The van der Waals surface area contributed by atoms with Gasteiger partial charge in [0.25, 0.3) is 6.43 Å². The van der Waals surface area contributed by atoms with E-state index >= 15 is 0 Å². The fourth-order valence-corrected chi connectivity index (χ4v) is 3.15. The molecule has 9 heteroatoms. The van der Waals surface area contributed by atoms with Gasteiger partial charge < -0.3 is 9.84 Å². The van der Waals surface area contributed by atoms with Crippen LogP contribution in [0.4, 0.5) is 8.78 Å². The first kappa shape index (κ1) is 18.1. The molecule has 1 fully saturated rings. The van der Waals surface area contributed by atoms with Crippen molar-refractivity contribution in [3.63, 3.8) is 0 Å². The highest BCUT2D eigenvalue weighted by Crippen LogP contribution is 2.45. The molecule has 0 spiro atoms. The summed E-state index contributed by atoms with van der Waals surface area (Å²) in [6.45, 7) is -0.177. The topological polar surface area (TPSA) is 82.2 Å². The predicted octanol–water partition coefficient (Wildman–Crippen LogP) is 3.07. The normalized spacial score (nSPS) is 13.9. The standard InChI is InChI=1S/C19H18F2N4O3/c1-24-19(27)25(23-22-24)16-4-2-3-13(18(20)21)15(16)10-28-17-8-7-12(26)9-14(17)11-5-6-11/h2-4,7-9,11,18,26H,5-6,10H2,1H3. The number of nitrogens with zero attached hydrogens (tertiary/aromatic N) is 4. The third kappa shape index (κ3) is 3.35. The molecule has 1 aromatic heterocycles. The average molecular weight is 388 g/mol. The highest BCUT2D eigenvalue weighted by molar-refractivity contribution is 5.47. The van der Waals surface area contributed by atoms with E-state index in [0.717, 1.165) is 27.8 Å². The van der Waals surface area contributed by atoms with Crippen molar-refractivity contribution in [1.29, 1.82) is 0 Å². The second-order valence-electron chi connectivity index (χ2n) is 6.73. The predicted molar refractivity (Wildman–Crippen MR) is 96.0 cm³/mol. The Hall–Kier alpha value is -3.23. The van der Waals surface area contributed by atoms with Crippen LogP contribution in [0.5, 0.6) is 11.5 Å². The van der Waals surface area contributed by atoms with E-state index in [9.17, 15) is 18.7 Å². The van der Waals surface area contributed by atoms with Crippen LogP contribution in [0.15, 0.2) is 41.2 Å². The first-order valence-corrected chi connectivity index (χ1v) is 8.80. The SMILES string of the molecule is Cn1nnn(-c2cccc(C(F)F)c2COc2ccc(O)cc2C2CC2)c1=O. The van der Waals surface area contributed by atoms with Crippen molar-refractivity contribution < 1.29 is 18.6 Å². The quantitative estimate of drug-likeness (QED) is 0.702. The minimum atomic E-state index is -2.74. The van der Waals surface area contributed by atoms with Crippen LogP contribution >= 0.6 is 0 Å². The third-order valence-corrected chi connectivity index (χ3v) is 4.75. The van der Waals surface area contributed by atoms with Gasteiger partial charge in [0.05, 0.1) is 5.69 Å². The number of rotatable bonds is 6. The van der Waals surface area contributed by atoms with Crippen molar-refractivity contribution in [3.8, 4) is 17.2 Å². The van der Waals surface area contributed by atoms with E-state index in [4.69, 9.17) is 4.74 Å². The van der Waals surface area contributed by atoms with Crippen LogP contribution in [0, 0.1) is 0 Å². The summed E-state index contributed by atoms with van der Waals surface area (Å²) < 4.78 is 35.1. The zero-order valence-corrected chi connectivity index (χ0v) is 15.0. The van der Waals surface area contributed by atoms with Gasteiger partial charge in [-0.05, 0) is 53.5 Å². The summed E-state index contributed by atoms with van der Waals surface area (Å²) in [7, 11) is 1.43. The van der Waals surface area contributed by atoms with Gasteiger partial charge in [0, 0.05) is 23.7 Å². The molecule has 146 valence electrons. The molecule has 0 atom stereocenters. The molecule has 2 aromatic carbocycles. The fourth-order valence-electron chi connectivity index (χ4n) is 3.15. The van der Waals surface area contributed by atoms with Crippen molar-refractivity contribution in [2.24, 2.45) is 7.05 Å². The molecule has 28 heavy (non-hydrogen) atoms. The lowest BCUT2D eigenvalue weighted by atomic mass is 10.1. The Labute approximate surface area is 158 Å². The van der Waals surface area contributed by atoms with E-state index in [-0.39, 0.29) is 29.2 Å². The Morgan fingerprint density at radius 1 is 1.25 bits per heavy atom. The van der Waals surface area contributed by atoms with Gasteiger partial charge in [-0.15, -0.1) is 0 Å². The summed E-state index contributed by atoms with van der Waals surface area (Å²) in [5, 5.41) is 17.1. The minimum Gasteiger partial charge on any atom is -0.508 e. The summed E-state index contributed by atoms with van der Waals surface area (Å²) >= 11 is 0. The number of hydrogen-bond donors (Lipinski definition) is 1. The third-order valence-electron chi connectivity index (χ3n) is 4.75. The van der Waals surface area contributed by atoms with Gasteiger partial charge >= 0.3 is 5.69 Å². The maximum absolute atomic E-state index is 13.6. The van der Waals surface area contributed by atoms with E-state index in [2.05, 4.69) is 10.4 Å². The van der Waals surface area contributed by atoms with Gasteiger partial charge in [0.2, 0.25) is 0 Å². The van der Waals surface area contributed by atoms with E-state index in [1.54, 1.807) is 12.1 Å². The molecule has 1 saturated carbocycles. The number of tetrazole rings is 1. The van der Waals surface area contributed by atoms with Gasteiger partial charge in [-0.2, -0.15) is 9.36 Å². The molecule has 1 N–H and O–H groups in total. The van der Waals surface area contributed by atoms with E-state index in [1.807, 2.05) is 0 Å². The van der Waals surface area contributed by atoms with Gasteiger partial charge in [-0.1, -0.05) is 12.1 Å². The van der Waals surface area contributed by atoms with Crippen molar-refractivity contribution in [1.82, 2.24) is 19.8 Å². The Morgan fingerprint density at radius 3 is 2.68 bits per heavy atom. The average Bonchev–Trinajstić information content (AvgIpc) is 3.47. The van der Waals surface area contributed by atoms with Crippen LogP contribution in [-0.4, -0.2) is 24.9 Å². The van der Waals surface area contributed by atoms with E-state index in [1.165, 1.54) is 31.3 Å². The van der Waals surface area contributed by atoms with Crippen molar-refractivity contribution >= 4 is 0 Å². The highest BCUT2D eigenvalue weighted by atomic mass is 19.3. The summed E-state index contributed by atoms with van der Waals surface area (Å²) in [6, 6.07) is 9.03. The number of alkyl halides is 2. The lowest BCUT2D eigenvalue weighted by Crippen LogP contribution is -2.23. The molecule has 0 unspecified atom stereocenters. The van der Waals surface area contributed by atoms with E-state index < -0.39 is 12.1 Å². The summed E-state index contributed by atoms with van der Waals surface area (Å²) in [6.07, 6.45) is -0.755. The Balaban J connectivity index is 1.73. The molecule has 0 radical (unpaired) electrons. The minimum absolute atomic E-state index is 0.133. The molecule has 0 aliphatic heterocycles. The van der Waals surface area contributed by atoms with Crippen LogP contribution in [0.2, 0.25) is 0 Å². The lowest BCUT2D eigenvalue weighted by molar-refractivity contribution is 0.148. The first-order valence-electron chi connectivity index (χ1n) is 8.80. The molecule has 1 heterocycles. The zero-order chi connectivity index (χ0) is 19.8. The molecule has 0 saturated heterocycles. The molecular weight excluding hydrogens is 370 g/mol. The zero-order valence-electron chi connectivity index (χ0n) is 15.0. The van der Waals surface area contributed by atoms with Crippen LogP contribution in [0.3, 0.4) is 0 Å².